The van der Waals surface area contributed by atoms with E-state index in [4.69, 9.17) is 14.3 Å². The van der Waals surface area contributed by atoms with Crippen LogP contribution in [0.2, 0.25) is 0 Å². The number of carbonyl (C=O) groups is 6. The van der Waals surface area contributed by atoms with Crippen LogP contribution in [-0.4, -0.2) is 103 Å². The number of hydrogen-bond acceptors (Lipinski definition) is 10. The summed E-state index contributed by atoms with van der Waals surface area (Å²) in [4.78, 5) is 80.4. The van der Waals surface area contributed by atoms with Gasteiger partial charge in [-0.2, -0.15) is 0 Å². The van der Waals surface area contributed by atoms with E-state index in [-0.39, 0.29) is 58.0 Å². The molecule has 2 saturated heterocycles. The second-order valence-corrected chi connectivity index (χ2v) is 10.5. The second kappa shape index (κ2) is 13.6. The lowest BCUT2D eigenvalue weighted by Gasteiger charge is -2.40. The smallest absolute Gasteiger partial charge is 0.407 e. The third kappa shape index (κ3) is 7.94. The molecule has 2 heterocycles. The van der Waals surface area contributed by atoms with Gasteiger partial charge in [0.1, 0.15) is 6.61 Å². The van der Waals surface area contributed by atoms with Crippen LogP contribution in [0.5, 0.6) is 0 Å². The molecular weight excluding hydrogens is 524 g/mol. The van der Waals surface area contributed by atoms with Gasteiger partial charge in [0.2, 0.25) is 5.91 Å². The Morgan fingerprint density at radius 1 is 0.950 bits per heavy atom. The predicted octanol–water partition coefficient (Wildman–Crippen LogP) is 0.225. The van der Waals surface area contributed by atoms with Crippen molar-refractivity contribution in [2.45, 2.75) is 57.9 Å². The topological polar surface area (TPSA) is 152 Å². The largest absolute Gasteiger partial charge is 0.464 e. The Hall–Kier alpha value is -3.66. The maximum atomic E-state index is 12.8. The van der Waals surface area contributed by atoms with Crippen LogP contribution in [-0.2, 0) is 38.3 Å². The van der Waals surface area contributed by atoms with Crippen molar-refractivity contribution in [1.82, 2.24) is 20.2 Å². The summed E-state index contributed by atoms with van der Waals surface area (Å²) >= 11 is 0. The summed E-state index contributed by atoms with van der Waals surface area (Å²) in [5, 5.41) is 3.12. The van der Waals surface area contributed by atoms with Crippen molar-refractivity contribution in [1.29, 1.82) is 0 Å². The number of hydrogen-bond donors (Lipinski definition) is 1. The third-order valence-corrected chi connectivity index (χ3v) is 7.82. The van der Waals surface area contributed by atoms with E-state index in [0.717, 1.165) is 25.7 Å². The Balaban J connectivity index is 1.18. The van der Waals surface area contributed by atoms with Crippen molar-refractivity contribution in [3.8, 4) is 11.8 Å². The standard InChI is InChI=1S/C27H36N4O9/c1-18(32)38-16-19-14-30(13-12-29(19)15-26(36)40-31-24(34)8-9-25(31)35)23(33)10-11-28-27(37)39-17-22-20-6-4-2-3-5-7-21(20)22/h19-22H,4-17H2,1H3,(H,28,37)/t19?,20-,21+,22?. The van der Waals surface area contributed by atoms with E-state index in [1.54, 1.807) is 9.80 Å². The fourth-order valence-electron chi connectivity index (χ4n) is 5.59. The predicted molar refractivity (Wildman–Crippen MR) is 136 cm³/mol. The summed E-state index contributed by atoms with van der Waals surface area (Å²) in [5.41, 5.74) is 0. The molecule has 13 nitrogen and oxygen atoms in total. The zero-order valence-corrected chi connectivity index (χ0v) is 22.7. The highest BCUT2D eigenvalue weighted by Gasteiger charge is 2.49. The molecule has 0 aromatic carbocycles. The molecule has 4 aliphatic rings. The number of piperazine rings is 1. The highest BCUT2D eigenvalue weighted by Crippen LogP contribution is 2.52. The normalized spacial score (nSPS) is 26.0. The van der Waals surface area contributed by atoms with E-state index in [2.05, 4.69) is 17.2 Å². The van der Waals surface area contributed by atoms with Crippen LogP contribution in [0.3, 0.4) is 0 Å². The molecule has 2 aliphatic heterocycles. The Kier molecular flexibility index (Phi) is 9.98. The molecule has 0 spiro atoms. The zero-order valence-electron chi connectivity index (χ0n) is 22.7. The monoisotopic (exact) mass is 560 g/mol. The van der Waals surface area contributed by atoms with Gasteiger partial charge in [0.05, 0.1) is 19.2 Å². The average Bonchev–Trinajstić information content (AvgIpc) is 3.45. The molecule has 3 fully saturated rings. The fourth-order valence-corrected chi connectivity index (χ4v) is 5.59. The molecule has 1 N–H and O–H groups in total. The Morgan fingerprint density at radius 2 is 1.62 bits per heavy atom. The first-order valence-corrected chi connectivity index (χ1v) is 13.8. The summed E-state index contributed by atoms with van der Waals surface area (Å²) in [6.45, 7) is 2.18. The second-order valence-electron chi connectivity index (χ2n) is 10.5. The molecule has 4 amide bonds. The minimum absolute atomic E-state index is 0.00810. The number of amides is 4. The quantitative estimate of drug-likeness (QED) is 0.223. The molecule has 218 valence electrons. The van der Waals surface area contributed by atoms with Crippen molar-refractivity contribution in [2.75, 3.05) is 45.9 Å². The lowest BCUT2D eigenvalue weighted by Crippen LogP contribution is -2.58. The number of esters is 1. The van der Waals surface area contributed by atoms with Crippen molar-refractivity contribution in [3.63, 3.8) is 0 Å². The number of carbonyl (C=O) groups excluding carboxylic acids is 6. The number of imide groups is 1. The maximum absolute atomic E-state index is 12.8. The van der Waals surface area contributed by atoms with E-state index in [1.165, 1.54) is 6.92 Å². The van der Waals surface area contributed by atoms with E-state index >= 15 is 0 Å². The van der Waals surface area contributed by atoms with Crippen molar-refractivity contribution < 1.29 is 43.1 Å². The van der Waals surface area contributed by atoms with Gasteiger partial charge in [-0.15, -0.1) is 16.9 Å². The average molecular weight is 561 g/mol. The number of alkyl carbamates (subject to hydrolysis) is 1. The SMILES string of the molecule is CC(=O)OCC1CN(C(=O)CCNC(=O)OCC2[C@H]3CCC#CCC[C@@H]23)CCN1CC(=O)ON1C(=O)CCC1=O. The van der Waals surface area contributed by atoms with E-state index in [1.807, 2.05) is 0 Å². The van der Waals surface area contributed by atoms with Crippen LogP contribution in [0, 0.1) is 29.6 Å². The lowest BCUT2D eigenvalue weighted by molar-refractivity contribution is -0.199. The fraction of sp³-hybridized carbons (Fsp3) is 0.704. The number of fused-ring (bicyclic) bond motifs is 1. The lowest BCUT2D eigenvalue weighted by atomic mass is 10.1. The maximum Gasteiger partial charge on any atom is 0.407 e. The van der Waals surface area contributed by atoms with Gasteiger partial charge >= 0.3 is 18.0 Å². The van der Waals surface area contributed by atoms with Crippen LogP contribution in [0.1, 0.15) is 51.9 Å². The van der Waals surface area contributed by atoms with Gasteiger partial charge in [0.25, 0.3) is 11.8 Å². The number of hydroxylamine groups is 2. The molecule has 0 bridgehead atoms. The Bertz CT molecular complexity index is 1050. The van der Waals surface area contributed by atoms with Gasteiger partial charge < -0.3 is 24.5 Å². The highest BCUT2D eigenvalue weighted by molar-refractivity contribution is 6.01. The van der Waals surface area contributed by atoms with Crippen molar-refractivity contribution in [2.24, 2.45) is 17.8 Å². The zero-order chi connectivity index (χ0) is 28.6. The van der Waals surface area contributed by atoms with Crippen LogP contribution < -0.4 is 5.32 Å². The first-order chi connectivity index (χ1) is 19.2. The van der Waals surface area contributed by atoms with Crippen molar-refractivity contribution in [3.05, 3.63) is 0 Å². The number of nitrogens with zero attached hydrogens (tertiary/aromatic N) is 3. The molecule has 13 heteroatoms. The molecule has 4 atom stereocenters. The Morgan fingerprint density at radius 3 is 2.27 bits per heavy atom. The van der Waals surface area contributed by atoms with Gasteiger partial charge in [-0.3, -0.25) is 24.1 Å². The molecule has 0 radical (unpaired) electrons. The van der Waals surface area contributed by atoms with E-state index in [0.29, 0.717) is 36.0 Å². The van der Waals surface area contributed by atoms with Gasteiger partial charge in [0.15, 0.2) is 0 Å². The summed E-state index contributed by atoms with van der Waals surface area (Å²) in [6, 6.07) is -0.502. The summed E-state index contributed by atoms with van der Waals surface area (Å²) < 4.78 is 10.5. The van der Waals surface area contributed by atoms with Gasteiger partial charge in [-0.05, 0) is 30.6 Å². The molecule has 1 saturated carbocycles. The van der Waals surface area contributed by atoms with Crippen LogP contribution in [0.15, 0.2) is 0 Å². The summed E-state index contributed by atoms with van der Waals surface area (Å²) in [5.74, 6) is 5.20. The molecule has 0 aromatic heterocycles. The minimum Gasteiger partial charge on any atom is -0.464 e. The number of ether oxygens (including phenoxy) is 2. The van der Waals surface area contributed by atoms with E-state index in [9.17, 15) is 28.8 Å². The molecule has 2 aliphatic carbocycles. The van der Waals surface area contributed by atoms with Gasteiger partial charge in [-0.25, -0.2) is 9.59 Å². The van der Waals surface area contributed by atoms with Gasteiger partial charge in [0, 0.05) is 65.2 Å². The van der Waals surface area contributed by atoms with Crippen LogP contribution >= 0.6 is 0 Å². The highest BCUT2D eigenvalue weighted by atomic mass is 16.7. The first kappa shape index (κ1) is 29.3. The molecule has 40 heavy (non-hydrogen) atoms. The Labute approximate surface area is 232 Å². The number of nitrogens with one attached hydrogen (secondary N) is 1. The number of rotatable bonds is 10. The van der Waals surface area contributed by atoms with E-state index < -0.39 is 35.9 Å². The van der Waals surface area contributed by atoms with Crippen LogP contribution in [0.4, 0.5) is 4.79 Å². The summed E-state index contributed by atoms with van der Waals surface area (Å²) in [7, 11) is 0. The van der Waals surface area contributed by atoms with Crippen LogP contribution in [0.25, 0.3) is 0 Å². The minimum atomic E-state index is -0.802. The molecular formula is C27H36N4O9. The summed E-state index contributed by atoms with van der Waals surface area (Å²) in [6.07, 6.45) is 3.38. The van der Waals surface area contributed by atoms with Gasteiger partial charge in [-0.1, -0.05) is 0 Å². The van der Waals surface area contributed by atoms with Crippen molar-refractivity contribution >= 4 is 35.8 Å². The molecule has 2 unspecified atom stereocenters. The molecule has 0 aromatic rings. The third-order valence-electron chi connectivity index (χ3n) is 7.82. The first-order valence-electron chi connectivity index (χ1n) is 13.8. The molecule has 4 rings (SSSR count).